The lowest BCUT2D eigenvalue weighted by Gasteiger charge is -2.39. The highest BCUT2D eigenvalue weighted by molar-refractivity contribution is 7.99. The van der Waals surface area contributed by atoms with Crippen LogP contribution in [0.1, 0.15) is 56.3 Å². The molecule has 1 unspecified atom stereocenters. The quantitative estimate of drug-likeness (QED) is 0.498. The van der Waals surface area contributed by atoms with Gasteiger partial charge in [-0.3, -0.25) is 10.1 Å². The summed E-state index contributed by atoms with van der Waals surface area (Å²) in [6.07, 6.45) is 6.18. The first-order chi connectivity index (χ1) is 14.2. The molecule has 2 aromatic carbocycles. The molecule has 2 N–H and O–H groups in total. The minimum Gasteiger partial charge on any atom is -0.352 e. The van der Waals surface area contributed by atoms with Crippen molar-refractivity contribution in [3.05, 3.63) is 48.0 Å². The molecule has 2 aliphatic rings. The third-order valence-electron chi connectivity index (χ3n) is 5.69. The number of hydrogen-bond acceptors (Lipinski definition) is 4. The number of para-hydroxylation sites is 1. The van der Waals surface area contributed by atoms with Crippen molar-refractivity contribution in [3.63, 3.8) is 0 Å². The number of rotatable bonds is 9. The van der Waals surface area contributed by atoms with E-state index in [1.54, 1.807) is 11.8 Å². The van der Waals surface area contributed by atoms with E-state index in [0.29, 0.717) is 6.54 Å². The monoisotopic (exact) mass is 445 g/mol. The molecule has 1 fully saturated rings. The maximum absolute atomic E-state index is 12.6. The highest BCUT2D eigenvalue weighted by atomic mass is 35.5. The Morgan fingerprint density at radius 1 is 1.10 bits per heavy atom. The van der Waals surface area contributed by atoms with E-state index in [4.69, 9.17) is 0 Å². The topological polar surface area (TPSA) is 44.4 Å². The van der Waals surface area contributed by atoms with Crippen LogP contribution < -0.4 is 15.5 Å². The smallest absolute Gasteiger partial charge is 0.251 e. The number of carbonyl (C=O) groups excluding carboxylic acids is 1. The van der Waals surface area contributed by atoms with Gasteiger partial charge in [0.2, 0.25) is 0 Å². The SMILES string of the molecule is CCCNC(=O)c1ccc2c(c1)N(C(CC)NCCC1CC1)c1ccccc1S2.Cl. The van der Waals surface area contributed by atoms with Crippen molar-refractivity contribution in [1.82, 2.24) is 10.6 Å². The number of amides is 1. The molecule has 1 atom stereocenters. The first kappa shape index (κ1) is 23.0. The van der Waals surface area contributed by atoms with E-state index < -0.39 is 0 Å². The van der Waals surface area contributed by atoms with Gasteiger partial charge in [0.15, 0.2) is 0 Å². The van der Waals surface area contributed by atoms with Crippen LogP contribution in [0.2, 0.25) is 0 Å². The average Bonchev–Trinajstić information content (AvgIpc) is 3.58. The Bertz CT molecular complexity index is 871. The van der Waals surface area contributed by atoms with Crippen LogP contribution in [0.4, 0.5) is 11.4 Å². The van der Waals surface area contributed by atoms with Gasteiger partial charge in [-0.15, -0.1) is 12.4 Å². The van der Waals surface area contributed by atoms with Crippen molar-refractivity contribution < 1.29 is 4.79 Å². The molecule has 6 heteroatoms. The molecular formula is C24H32ClN3OS. The van der Waals surface area contributed by atoms with Crippen molar-refractivity contribution in [2.24, 2.45) is 5.92 Å². The van der Waals surface area contributed by atoms with Gasteiger partial charge in [0.05, 0.1) is 17.5 Å². The molecule has 0 saturated heterocycles. The molecule has 1 saturated carbocycles. The van der Waals surface area contributed by atoms with E-state index >= 15 is 0 Å². The molecule has 1 heterocycles. The first-order valence-electron chi connectivity index (χ1n) is 10.9. The lowest BCUT2D eigenvalue weighted by atomic mass is 10.1. The van der Waals surface area contributed by atoms with Crippen molar-refractivity contribution in [3.8, 4) is 0 Å². The van der Waals surface area contributed by atoms with E-state index in [9.17, 15) is 4.79 Å². The molecule has 1 aliphatic carbocycles. The largest absolute Gasteiger partial charge is 0.352 e. The van der Waals surface area contributed by atoms with Crippen LogP contribution >= 0.6 is 24.2 Å². The van der Waals surface area contributed by atoms with Gasteiger partial charge in [0, 0.05) is 21.9 Å². The van der Waals surface area contributed by atoms with Gasteiger partial charge in [0.25, 0.3) is 5.91 Å². The summed E-state index contributed by atoms with van der Waals surface area (Å²) in [6.45, 7) is 6.05. The third kappa shape index (κ3) is 5.13. The van der Waals surface area contributed by atoms with Gasteiger partial charge in [-0.1, -0.05) is 50.6 Å². The summed E-state index contributed by atoms with van der Waals surface area (Å²) in [6, 6.07) is 14.7. The fourth-order valence-corrected chi connectivity index (χ4v) is 4.93. The van der Waals surface area contributed by atoms with E-state index in [1.165, 1.54) is 34.7 Å². The van der Waals surface area contributed by atoms with Crippen LogP contribution in [0.25, 0.3) is 0 Å². The van der Waals surface area contributed by atoms with Gasteiger partial charge in [-0.25, -0.2) is 0 Å². The fraction of sp³-hybridized carbons (Fsp3) is 0.458. The number of halogens is 1. The predicted molar refractivity (Wildman–Crippen MR) is 128 cm³/mol. The standard InChI is InChI=1S/C24H31N3OS.ClH/c1-3-14-26-24(28)18-11-12-22-20(16-18)27(19-7-5-6-8-21(19)29-22)23(4-2)25-15-13-17-9-10-17;/h5-8,11-12,16-17,23,25H,3-4,9-10,13-15H2,1-2H3,(H,26,28);1H. The summed E-state index contributed by atoms with van der Waals surface area (Å²) in [4.78, 5) is 17.5. The lowest BCUT2D eigenvalue weighted by Crippen LogP contribution is -2.44. The molecule has 162 valence electrons. The molecular weight excluding hydrogens is 414 g/mol. The van der Waals surface area contributed by atoms with Crippen molar-refractivity contribution >= 4 is 41.5 Å². The van der Waals surface area contributed by atoms with Crippen molar-refractivity contribution in [2.45, 2.75) is 61.9 Å². The predicted octanol–water partition coefficient (Wildman–Crippen LogP) is 5.98. The number of nitrogens with one attached hydrogen (secondary N) is 2. The molecule has 0 aromatic heterocycles. The summed E-state index contributed by atoms with van der Waals surface area (Å²) in [7, 11) is 0. The van der Waals surface area contributed by atoms with Gasteiger partial charge in [-0.05, 0) is 62.1 Å². The number of hydrogen-bond donors (Lipinski definition) is 2. The molecule has 4 nitrogen and oxygen atoms in total. The minimum absolute atomic E-state index is 0. The molecule has 1 aliphatic heterocycles. The summed E-state index contributed by atoms with van der Waals surface area (Å²) < 4.78 is 0. The third-order valence-corrected chi connectivity index (χ3v) is 6.82. The second kappa shape index (κ2) is 10.6. The zero-order chi connectivity index (χ0) is 20.2. The van der Waals surface area contributed by atoms with Gasteiger partial charge >= 0.3 is 0 Å². The minimum atomic E-state index is 0. The van der Waals surface area contributed by atoms with Crippen LogP contribution in [0.5, 0.6) is 0 Å². The zero-order valence-electron chi connectivity index (χ0n) is 17.8. The Balaban J connectivity index is 0.00000256. The number of benzene rings is 2. The van der Waals surface area contributed by atoms with Crippen LogP contribution in [0.3, 0.4) is 0 Å². The van der Waals surface area contributed by atoms with Crippen LogP contribution in [0.15, 0.2) is 52.3 Å². The fourth-order valence-electron chi connectivity index (χ4n) is 3.88. The summed E-state index contributed by atoms with van der Waals surface area (Å²) in [5.41, 5.74) is 3.08. The normalized spacial score (nSPS) is 15.6. The highest BCUT2D eigenvalue weighted by Gasteiger charge is 2.29. The second-order valence-electron chi connectivity index (χ2n) is 7.99. The second-order valence-corrected chi connectivity index (χ2v) is 9.07. The number of fused-ring (bicyclic) bond motifs is 2. The van der Waals surface area contributed by atoms with E-state index in [-0.39, 0.29) is 24.5 Å². The van der Waals surface area contributed by atoms with Crippen molar-refractivity contribution in [2.75, 3.05) is 18.0 Å². The van der Waals surface area contributed by atoms with Crippen LogP contribution in [-0.4, -0.2) is 25.2 Å². The molecule has 0 spiro atoms. The average molecular weight is 446 g/mol. The van der Waals surface area contributed by atoms with E-state index in [1.807, 2.05) is 6.07 Å². The molecule has 2 aromatic rings. The Labute approximate surface area is 190 Å². The molecule has 0 radical (unpaired) electrons. The Morgan fingerprint density at radius 3 is 2.60 bits per heavy atom. The maximum Gasteiger partial charge on any atom is 0.251 e. The lowest BCUT2D eigenvalue weighted by molar-refractivity contribution is 0.0953. The van der Waals surface area contributed by atoms with Gasteiger partial charge in [0.1, 0.15) is 0 Å². The van der Waals surface area contributed by atoms with E-state index in [2.05, 4.69) is 65.8 Å². The van der Waals surface area contributed by atoms with Gasteiger partial charge < -0.3 is 10.2 Å². The molecule has 30 heavy (non-hydrogen) atoms. The summed E-state index contributed by atoms with van der Waals surface area (Å²) in [5.74, 6) is 0.929. The molecule has 4 rings (SSSR count). The van der Waals surface area contributed by atoms with Crippen molar-refractivity contribution in [1.29, 1.82) is 0 Å². The van der Waals surface area contributed by atoms with Crippen LogP contribution in [0, 0.1) is 5.92 Å². The van der Waals surface area contributed by atoms with Crippen LogP contribution in [-0.2, 0) is 0 Å². The maximum atomic E-state index is 12.6. The Morgan fingerprint density at radius 2 is 1.87 bits per heavy atom. The van der Waals surface area contributed by atoms with E-state index in [0.717, 1.165) is 36.6 Å². The Kier molecular flexibility index (Phi) is 8.09. The summed E-state index contributed by atoms with van der Waals surface area (Å²) >= 11 is 1.79. The molecule has 1 amide bonds. The number of nitrogens with zero attached hydrogens (tertiary/aromatic N) is 1. The first-order valence-corrected chi connectivity index (χ1v) is 11.7. The molecule has 0 bridgehead atoms. The zero-order valence-corrected chi connectivity index (χ0v) is 19.5. The van der Waals surface area contributed by atoms with Gasteiger partial charge in [-0.2, -0.15) is 0 Å². The number of anilines is 2. The Hall–Kier alpha value is -1.69. The number of carbonyl (C=O) groups is 1. The highest BCUT2D eigenvalue weighted by Crippen LogP contribution is 2.49. The summed E-state index contributed by atoms with van der Waals surface area (Å²) in [5, 5.41) is 6.80.